The lowest BCUT2D eigenvalue weighted by atomic mass is 10.1. The van der Waals surface area contributed by atoms with Gasteiger partial charge in [0.15, 0.2) is 0 Å². The van der Waals surface area contributed by atoms with Crippen molar-refractivity contribution in [3.63, 3.8) is 0 Å². The van der Waals surface area contributed by atoms with Gasteiger partial charge in [-0.1, -0.05) is 12.1 Å². The van der Waals surface area contributed by atoms with Crippen LogP contribution >= 0.6 is 0 Å². The molecule has 2 N–H and O–H groups in total. The molecule has 1 fully saturated rings. The normalized spacial score (nSPS) is 16.4. The van der Waals surface area contributed by atoms with Crippen molar-refractivity contribution in [2.24, 2.45) is 0 Å². The highest BCUT2D eigenvalue weighted by Crippen LogP contribution is 2.23. The summed E-state index contributed by atoms with van der Waals surface area (Å²) in [4.78, 5) is 14.5. The molecule has 3 rings (SSSR count). The van der Waals surface area contributed by atoms with Crippen molar-refractivity contribution in [2.75, 3.05) is 38.2 Å². The van der Waals surface area contributed by atoms with Gasteiger partial charge in [0.2, 0.25) is 0 Å². The van der Waals surface area contributed by atoms with Crippen LogP contribution < -0.4 is 10.6 Å². The summed E-state index contributed by atoms with van der Waals surface area (Å²) in [6, 6.07) is 11.5. The number of rotatable bonds is 5. The SMILES string of the molecule is Cc1cccc(NC(=O)NCC(c2ccc(C)o2)N2CCOCC2)c1. The third-order valence-corrected chi connectivity index (χ3v) is 4.31. The number of morpholine rings is 1. The van der Waals surface area contributed by atoms with E-state index in [1.54, 1.807) is 0 Å². The Morgan fingerprint density at radius 2 is 2.00 bits per heavy atom. The van der Waals surface area contributed by atoms with Gasteiger partial charge in [-0.3, -0.25) is 4.90 Å². The van der Waals surface area contributed by atoms with Crippen LogP contribution in [-0.2, 0) is 4.74 Å². The van der Waals surface area contributed by atoms with Crippen molar-refractivity contribution in [1.82, 2.24) is 10.2 Å². The van der Waals surface area contributed by atoms with E-state index in [2.05, 4.69) is 15.5 Å². The van der Waals surface area contributed by atoms with E-state index in [4.69, 9.17) is 9.15 Å². The summed E-state index contributed by atoms with van der Waals surface area (Å²) in [5.41, 5.74) is 1.89. The summed E-state index contributed by atoms with van der Waals surface area (Å²) in [5.74, 6) is 1.74. The van der Waals surface area contributed by atoms with Crippen molar-refractivity contribution in [2.45, 2.75) is 19.9 Å². The lowest BCUT2D eigenvalue weighted by molar-refractivity contribution is 0.0122. The second-order valence-electron chi connectivity index (χ2n) is 6.32. The Kier molecular flexibility index (Phi) is 5.73. The van der Waals surface area contributed by atoms with Crippen LogP contribution in [0, 0.1) is 13.8 Å². The Balaban J connectivity index is 1.62. The summed E-state index contributed by atoms with van der Waals surface area (Å²) in [7, 11) is 0. The molecular formula is C19H25N3O3. The molecule has 25 heavy (non-hydrogen) atoms. The minimum absolute atomic E-state index is 0.000796. The third kappa shape index (κ3) is 4.84. The molecule has 0 aliphatic carbocycles. The quantitative estimate of drug-likeness (QED) is 0.875. The van der Waals surface area contributed by atoms with E-state index in [9.17, 15) is 4.79 Å². The van der Waals surface area contributed by atoms with Gasteiger partial charge in [-0.05, 0) is 43.7 Å². The van der Waals surface area contributed by atoms with Crippen LogP contribution in [0.25, 0.3) is 0 Å². The molecule has 1 aliphatic rings. The van der Waals surface area contributed by atoms with E-state index in [-0.39, 0.29) is 12.1 Å². The molecule has 0 spiro atoms. The number of aryl methyl sites for hydroxylation is 2. The fourth-order valence-corrected chi connectivity index (χ4v) is 3.02. The molecule has 1 aliphatic heterocycles. The molecule has 1 aromatic heterocycles. The average Bonchev–Trinajstić information content (AvgIpc) is 3.02. The Hall–Kier alpha value is -2.31. The fourth-order valence-electron chi connectivity index (χ4n) is 3.02. The van der Waals surface area contributed by atoms with Crippen molar-refractivity contribution >= 4 is 11.7 Å². The van der Waals surface area contributed by atoms with E-state index in [1.807, 2.05) is 50.2 Å². The van der Waals surface area contributed by atoms with E-state index >= 15 is 0 Å². The maximum atomic E-state index is 12.3. The van der Waals surface area contributed by atoms with Gasteiger partial charge < -0.3 is 19.8 Å². The molecular weight excluding hydrogens is 318 g/mol. The first-order valence-corrected chi connectivity index (χ1v) is 8.61. The number of urea groups is 1. The number of carbonyl (C=O) groups excluding carboxylic acids is 1. The summed E-state index contributed by atoms with van der Waals surface area (Å²) < 4.78 is 11.2. The Morgan fingerprint density at radius 1 is 1.20 bits per heavy atom. The van der Waals surface area contributed by atoms with Crippen molar-refractivity contribution in [3.05, 3.63) is 53.5 Å². The number of nitrogens with one attached hydrogen (secondary N) is 2. The predicted octanol–water partition coefficient (Wildman–Crippen LogP) is 3.09. The van der Waals surface area contributed by atoms with Gasteiger partial charge in [-0.25, -0.2) is 4.79 Å². The van der Waals surface area contributed by atoms with Crippen LogP contribution in [0.2, 0.25) is 0 Å². The fraction of sp³-hybridized carbons (Fsp3) is 0.421. The first-order chi connectivity index (χ1) is 12.1. The first kappa shape index (κ1) is 17.5. The van der Waals surface area contributed by atoms with Crippen molar-refractivity contribution in [1.29, 1.82) is 0 Å². The van der Waals surface area contributed by atoms with Crippen LogP contribution in [0.5, 0.6) is 0 Å². The van der Waals surface area contributed by atoms with Gasteiger partial charge in [-0.2, -0.15) is 0 Å². The molecule has 2 aromatic rings. The zero-order valence-electron chi connectivity index (χ0n) is 14.7. The molecule has 1 atom stereocenters. The van der Waals surface area contributed by atoms with Crippen LogP contribution in [0.3, 0.4) is 0 Å². The molecule has 6 nitrogen and oxygen atoms in total. The molecule has 6 heteroatoms. The molecule has 2 amide bonds. The largest absolute Gasteiger partial charge is 0.465 e. The van der Waals surface area contributed by atoms with E-state index in [0.29, 0.717) is 19.8 Å². The number of anilines is 1. The Bertz CT molecular complexity index is 707. The van der Waals surface area contributed by atoms with Crippen LogP contribution in [0.15, 0.2) is 40.8 Å². The minimum atomic E-state index is -0.216. The van der Waals surface area contributed by atoms with Gasteiger partial charge in [0, 0.05) is 25.3 Å². The van der Waals surface area contributed by atoms with Crippen molar-refractivity contribution < 1.29 is 13.9 Å². The van der Waals surface area contributed by atoms with Gasteiger partial charge in [0.05, 0.1) is 19.3 Å². The molecule has 2 heterocycles. The molecule has 0 saturated carbocycles. The molecule has 1 unspecified atom stereocenters. The lowest BCUT2D eigenvalue weighted by Gasteiger charge is -2.33. The van der Waals surface area contributed by atoms with Gasteiger partial charge in [0.1, 0.15) is 11.5 Å². The maximum absolute atomic E-state index is 12.3. The van der Waals surface area contributed by atoms with Gasteiger partial charge >= 0.3 is 6.03 Å². The zero-order chi connectivity index (χ0) is 17.6. The number of ether oxygens (including phenoxy) is 1. The molecule has 1 aromatic carbocycles. The number of furan rings is 1. The smallest absolute Gasteiger partial charge is 0.319 e. The molecule has 134 valence electrons. The molecule has 0 bridgehead atoms. The molecule has 1 saturated heterocycles. The summed E-state index contributed by atoms with van der Waals surface area (Å²) in [6.45, 7) is 7.45. The topological polar surface area (TPSA) is 66.7 Å². The standard InChI is InChI=1S/C19H25N3O3/c1-14-4-3-5-16(12-14)21-19(23)20-13-17(18-7-6-15(2)25-18)22-8-10-24-11-9-22/h3-7,12,17H,8-11,13H2,1-2H3,(H2,20,21,23). The van der Waals surface area contributed by atoms with E-state index in [0.717, 1.165) is 35.9 Å². The highest BCUT2D eigenvalue weighted by Gasteiger charge is 2.25. The number of benzene rings is 1. The number of hydrogen-bond acceptors (Lipinski definition) is 4. The summed E-state index contributed by atoms with van der Waals surface area (Å²) in [5, 5.41) is 5.84. The van der Waals surface area contributed by atoms with Crippen molar-refractivity contribution in [3.8, 4) is 0 Å². The second kappa shape index (κ2) is 8.18. The predicted molar refractivity (Wildman–Crippen MR) is 96.8 cm³/mol. The number of amides is 2. The Labute approximate surface area is 148 Å². The highest BCUT2D eigenvalue weighted by atomic mass is 16.5. The van der Waals surface area contributed by atoms with E-state index in [1.165, 1.54) is 0 Å². The first-order valence-electron chi connectivity index (χ1n) is 8.61. The lowest BCUT2D eigenvalue weighted by Crippen LogP contribution is -2.44. The molecule has 0 radical (unpaired) electrons. The third-order valence-electron chi connectivity index (χ3n) is 4.31. The minimum Gasteiger partial charge on any atom is -0.465 e. The van der Waals surface area contributed by atoms with Gasteiger partial charge in [0.25, 0.3) is 0 Å². The second-order valence-corrected chi connectivity index (χ2v) is 6.32. The monoisotopic (exact) mass is 343 g/mol. The van der Waals surface area contributed by atoms with Gasteiger partial charge in [-0.15, -0.1) is 0 Å². The highest BCUT2D eigenvalue weighted by molar-refractivity contribution is 5.89. The number of carbonyl (C=O) groups is 1. The van der Waals surface area contributed by atoms with Crippen LogP contribution in [0.4, 0.5) is 10.5 Å². The number of nitrogens with zero attached hydrogens (tertiary/aromatic N) is 1. The maximum Gasteiger partial charge on any atom is 0.319 e. The summed E-state index contributed by atoms with van der Waals surface area (Å²) in [6.07, 6.45) is 0. The van der Waals surface area contributed by atoms with Crippen LogP contribution in [0.1, 0.15) is 23.1 Å². The Morgan fingerprint density at radius 3 is 2.68 bits per heavy atom. The summed E-state index contributed by atoms with van der Waals surface area (Å²) >= 11 is 0. The number of hydrogen-bond donors (Lipinski definition) is 2. The zero-order valence-corrected chi connectivity index (χ0v) is 14.7. The van der Waals surface area contributed by atoms with E-state index < -0.39 is 0 Å². The average molecular weight is 343 g/mol. The van der Waals surface area contributed by atoms with Crippen LogP contribution in [-0.4, -0.2) is 43.8 Å².